The number of nitrogens with two attached hydrogens (primary N) is 1. The highest BCUT2D eigenvalue weighted by Gasteiger charge is 2.31. The number of carboxylic acid groups (broad SMARTS) is 1. The minimum Gasteiger partial charge on any atom is -0.480 e. The van der Waals surface area contributed by atoms with Gasteiger partial charge < -0.3 is 16.2 Å². The van der Waals surface area contributed by atoms with E-state index in [0.717, 1.165) is 12.8 Å². The van der Waals surface area contributed by atoms with Crippen molar-refractivity contribution in [2.24, 2.45) is 11.7 Å². The lowest BCUT2D eigenvalue weighted by molar-refractivity contribution is -0.139. The lowest BCUT2D eigenvalue weighted by Crippen LogP contribution is -2.52. The maximum Gasteiger partial charge on any atom is 0.322 e. The van der Waals surface area contributed by atoms with Gasteiger partial charge in [0.1, 0.15) is 6.04 Å². The zero-order chi connectivity index (χ0) is 9.84. The Kier molecular flexibility index (Phi) is 3.69. The molecule has 0 radical (unpaired) electrons. The first-order chi connectivity index (χ1) is 6.16. The predicted octanol–water partition coefficient (Wildman–Crippen LogP) is 0.177. The summed E-state index contributed by atoms with van der Waals surface area (Å²) in [5.74, 6) is -0.470. The highest BCUT2D eigenvalue weighted by atomic mass is 16.4. The Morgan fingerprint density at radius 2 is 2.08 bits per heavy atom. The SMILES string of the molecule is CNC(C1CCCC1)C(N)C(=O)O. The van der Waals surface area contributed by atoms with Gasteiger partial charge in [-0.3, -0.25) is 4.79 Å². The van der Waals surface area contributed by atoms with Crippen LogP contribution in [0.15, 0.2) is 0 Å². The average molecular weight is 186 g/mol. The summed E-state index contributed by atoms with van der Waals surface area (Å²) in [5, 5.41) is 11.8. The molecule has 0 bridgehead atoms. The second-order valence-electron chi connectivity index (χ2n) is 3.72. The van der Waals surface area contributed by atoms with Gasteiger partial charge in [-0.05, 0) is 25.8 Å². The molecule has 4 nitrogen and oxygen atoms in total. The summed E-state index contributed by atoms with van der Waals surface area (Å²) >= 11 is 0. The molecule has 0 aromatic heterocycles. The van der Waals surface area contributed by atoms with Crippen LogP contribution in [-0.4, -0.2) is 30.2 Å². The minimum atomic E-state index is -0.911. The fourth-order valence-corrected chi connectivity index (χ4v) is 2.18. The monoisotopic (exact) mass is 186 g/mol. The second kappa shape index (κ2) is 4.58. The first kappa shape index (κ1) is 10.5. The number of hydrogen-bond acceptors (Lipinski definition) is 3. The van der Waals surface area contributed by atoms with Crippen molar-refractivity contribution in [3.05, 3.63) is 0 Å². The van der Waals surface area contributed by atoms with Crippen molar-refractivity contribution in [3.63, 3.8) is 0 Å². The molecule has 1 fully saturated rings. The van der Waals surface area contributed by atoms with Crippen LogP contribution in [-0.2, 0) is 4.79 Å². The number of aliphatic carboxylic acids is 1. The van der Waals surface area contributed by atoms with E-state index in [-0.39, 0.29) is 6.04 Å². The normalized spacial score (nSPS) is 22.9. The molecule has 2 atom stereocenters. The van der Waals surface area contributed by atoms with Gasteiger partial charge in [0, 0.05) is 6.04 Å². The van der Waals surface area contributed by atoms with E-state index >= 15 is 0 Å². The van der Waals surface area contributed by atoms with Gasteiger partial charge in [0.2, 0.25) is 0 Å². The largest absolute Gasteiger partial charge is 0.480 e. The predicted molar refractivity (Wildman–Crippen MR) is 50.4 cm³/mol. The van der Waals surface area contributed by atoms with Crippen LogP contribution < -0.4 is 11.1 Å². The summed E-state index contributed by atoms with van der Waals surface area (Å²) in [6.07, 6.45) is 4.61. The Hall–Kier alpha value is -0.610. The van der Waals surface area contributed by atoms with Gasteiger partial charge in [-0.25, -0.2) is 0 Å². The molecule has 0 aromatic carbocycles. The minimum absolute atomic E-state index is 0.0694. The average Bonchev–Trinajstić information content (AvgIpc) is 2.58. The smallest absolute Gasteiger partial charge is 0.322 e. The number of likely N-dealkylation sites (N-methyl/N-ethyl adjacent to an activating group) is 1. The molecule has 0 aliphatic heterocycles. The van der Waals surface area contributed by atoms with Crippen LogP contribution >= 0.6 is 0 Å². The van der Waals surface area contributed by atoms with E-state index in [1.807, 2.05) is 0 Å². The van der Waals surface area contributed by atoms with Crippen molar-refractivity contribution in [1.29, 1.82) is 0 Å². The van der Waals surface area contributed by atoms with Crippen molar-refractivity contribution in [1.82, 2.24) is 5.32 Å². The summed E-state index contributed by atoms with van der Waals surface area (Å²) in [6.45, 7) is 0. The molecule has 2 unspecified atom stereocenters. The van der Waals surface area contributed by atoms with E-state index in [1.54, 1.807) is 7.05 Å². The number of carboxylic acids is 1. The van der Waals surface area contributed by atoms with Crippen LogP contribution in [0, 0.1) is 5.92 Å². The molecule has 0 saturated heterocycles. The molecule has 1 aliphatic rings. The van der Waals surface area contributed by atoms with Crippen LogP contribution in [0.2, 0.25) is 0 Å². The van der Waals surface area contributed by atoms with Crippen molar-refractivity contribution in [2.75, 3.05) is 7.05 Å². The van der Waals surface area contributed by atoms with Gasteiger partial charge in [-0.2, -0.15) is 0 Å². The van der Waals surface area contributed by atoms with Gasteiger partial charge in [0.15, 0.2) is 0 Å². The van der Waals surface area contributed by atoms with Gasteiger partial charge in [0.25, 0.3) is 0 Å². The Labute approximate surface area is 78.5 Å². The van der Waals surface area contributed by atoms with E-state index in [0.29, 0.717) is 5.92 Å². The summed E-state index contributed by atoms with van der Waals surface area (Å²) < 4.78 is 0. The van der Waals surface area contributed by atoms with Crippen molar-refractivity contribution in [3.8, 4) is 0 Å². The molecule has 4 N–H and O–H groups in total. The molecule has 4 heteroatoms. The van der Waals surface area contributed by atoms with Gasteiger partial charge in [-0.15, -0.1) is 0 Å². The third kappa shape index (κ3) is 2.42. The van der Waals surface area contributed by atoms with E-state index in [9.17, 15) is 4.79 Å². The molecule has 76 valence electrons. The van der Waals surface area contributed by atoms with Gasteiger partial charge in [0.05, 0.1) is 0 Å². The molecule has 1 aliphatic carbocycles. The van der Waals surface area contributed by atoms with E-state index in [1.165, 1.54) is 12.8 Å². The van der Waals surface area contributed by atoms with Crippen LogP contribution in [0.25, 0.3) is 0 Å². The Balaban J connectivity index is 2.54. The molecule has 1 saturated carbocycles. The molecule has 0 spiro atoms. The Bertz CT molecular complexity index is 178. The maximum absolute atomic E-state index is 10.7. The number of carbonyl (C=O) groups is 1. The lowest BCUT2D eigenvalue weighted by Gasteiger charge is -2.26. The van der Waals surface area contributed by atoms with Gasteiger partial charge >= 0.3 is 5.97 Å². The standard InChI is InChI=1S/C9H18N2O2/c1-11-8(7(10)9(12)13)6-4-2-3-5-6/h6-8,11H,2-5,10H2,1H3,(H,12,13). The molecule has 13 heavy (non-hydrogen) atoms. The fraction of sp³-hybridized carbons (Fsp3) is 0.889. The Morgan fingerprint density at radius 3 is 2.46 bits per heavy atom. The fourth-order valence-electron chi connectivity index (χ4n) is 2.18. The zero-order valence-electron chi connectivity index (χ0n) is 7.99. The molecule has 0 heterocycles. The van der Waals surface area contributed by atoms with Crippen LogP contribution in [0.1, 0.15) is 25.7 Å². The summed E-state index contributed by atoms with van der Waals surface area (Å²) in [7, 11) is 1.78. The van der Waals surface area contributed by atoms with Gasteiger partial charge in [-0.1, -0.05) is 12.8 Å². The van der Waals surface area contributed by atoms with Crippen LogP contribution in [0.3, 0.4) is 0 Å². The maximum atomic E-state index is 10.7. The summed E-state index contributed by atoms with van der Waals surface area (Å²) in [5.41, 5.74) is 5.59. The summed E-state index contributed by atoms with van der Waals surface area (Å²) in [6, 6.07) is -0.840. The topological polar surface area (TPSA) is 75.3 Å². The first-order valence-electron chi connectivity index (χ1n) is 4.82. The van der Waals surface area contributed by atoms with Crippen LogP contribution in [0.4, 0.5) is 0 Å². The zero-order valence-corrected chi connectivity index (χ0v) is 7.99. The third-order valence-corrected chi connectivity index (χ3v) is 2.91. The van der Waals surface area contributed by atoms with Crippen molar-refractivity contribution in [2.45, 2.75) is 37.8 Å². The van der Waals surface area contributed by atoms with E-state index < -0.39 is 12.0 Å². The third-order valence-electron chi connectivity index (χ3n) is 2.91. The number of hydrogen-bond donors (Lipinski definition) is 3. The van der Waals surface area contributed by atoms with E-state index in [4.69, 9.17) is 10.8 Å². The Morgan fingerprint density at radius 1 is 1.54 bits per heavy atom. The first-order valence-corrected chi connectivity index (χ1v) is 4.82. The lowest BCUT2D eigenvalue weighted by atomic mass is 9.92. The highest BCUT2D eigenvalue weighted by molar-refractivity contribution is 5.74. The van der Waals surface area contributed by atoms with Crippen molar-refractivity contribution < 1.29 is 9.90 Å². The second-order valence-corrected chi connectivity index (χ2v) is 3.72. The van der Waals surface area contributed by atoms with E-state index in [2.05, 4.69) is 5.32 Å². The molecule has 0 amide bonds. The molecular formula is C9H18N2O2. The molecular weight excluding hydrogens is 168 g/mol. The summed E-state index contributed by atoms with van der Waals surface area (Å²) in [4.78, 5) is 10.7. The molecule has 0 aromatic rings. The quantitative estimate of drug-likeness (QED) is 0.585. The highest BCUT2D eigenvalue weighted by Crippen LogP contribution is 2.28. The number of rotatable bonds is 4. The molecule has 1 rings (SSSR count). The van der Waals surface area contributed by atoms with Crippen LogP contribution in [0.5, 0.6) is 0 Å². The van der Waals surface area contributed by atoms with Crippen molar-refractivity contribution >= 4 is 5.97 Å². The number of nitrogens with one attached hydrogen (secondary N) is 1.